The minimum atomic E-state index is -1.09. The van der Waals surface area contributed by atoms with Gasteiger partial charge in [-0.3, -0.25) is 0 Å². The van der Waals surface area contributed by atoms with Crippen molar-refractivity contribution < 1.29 is 19.4 Å². The van der Waals surface area contributed by atoms with Crippen molar-refractivity contribution in [2.75, 3.05) is 13.2 Å². The SMILES string of the molecule is CCOc1cc(-c2ccccc2)nn1CCOc1c(Cl)cccc1C(=O)O. The van der Waals surface area contributed by atoms with Crippen molar-refractivity contribution in [2.24, 2.45) is 0 Å². The molecule has 0 saturated carbocycles. The van der Waals surface area contributed by atoms with Crippen molar-refractivity contribution in [1.82, 2.24) is 9.78 Å². The Morgan fingerprint density at radius 3 is 2.63 bits per heavy atom. The first-order valence-corrected chi connectivity index (χ1v) is 8.88. The van der Waals surface area contributed by atoms with E-state index in [4.69, 9.17) is 21.1 Å². The Morgan fingerprint density at radius 2 is 1.93 bits per heavy atom. The minimum Gasteiger partial charge on any atom is -0.489 e. The fourth-order valence-corrected chi connectivity index (χ4v) is 2.86. The van der Waals surface area contributed by atoms with Crippen LogP contribution in [0.2, 0.25) is 5.02 Å². The zero-order valence-corrected chi connectivity index (χ0v) is 15.5. The first-order chi connectivity index (χ1) is 13.1. The summed E-state index contributed by atoms with van der Waals surface area (Å²) in [5, 5.41) is 14.1. The summed E-state index contributed by atoms with van der Waals surface area (Å²) in [4.78, 5) is 11.3. The maximum Gasteiger partial charge on any atom is 0.339 e. The van der Waals surface area contributed by atoms with E-state index in [2.05, 4.69) is 5.10 Å². The molecule has 1 aromatic heterocycles. The summed E-state index contributed by atoms with van der Waals surface area (Å²) in [6.45, 7) is 2.99. The second kappa shape index (κ2) is 8.60. The van der Waals surface area contributed by atoms with Crippen LogP contribution < -0.4 is 9.47 Å². The molecule has 2 aromatic carbocycles. The van der Waals surface area contributed by atoms with Crippen molar-refractivity contribution in [3.63, 3.8) is 0 Å². The highest BCUT2D eigenvalue weighted by Crippen LogP contribution is 2.29. The Kier molecular flexibility index (Phi) is 5.98. The van der Waals surface area contributed by atoms with Crippen LogP contribution >= 0.6 is 11.6 Å². The molecule has 6 nitrogen and oxygen atoms in total. The van der Waals surface area contributed by atoms with E-state index in [0.29, 0.717) is 19.0 Å². The van der Waals surface area contributed by atoms with Gasteiger partial charge in [0, 0.05) is 11.6 Å². The number of carboxylic acid groups (broad SMARTS) is 1. The summed E-state index contributed by atoms with van der Waals surface area (Å²) in [5.74, 6) is -0.314. The molecule has 0 aliphatic rings. The van der Waals surface area contributed by atoms with Crippen LogP contribution in [0.4, 0.5) is 0 Å². The second-order valence-corrected chi connectivity index (χ2v) is 6.07. The van der Waals surface area contributed by atoms with Crippen LogP contribution in [-0.2, 0) is 6.54 Å². The van der Waals surface area contributed by atoms with Crippen LogP contribution in [0.15, 0.2) is 54.6 Å². The summed E-state index contributed by atoms with van der Waals surface area (Å²) in [6, 6.07) is 16.3. The summed E-state index contributed by atoms with van der Waals surface area (Å²) in [5.41, 5.74) is 1.80. The number of carboxylic acids is 1. The van der Waals surface area contributed by atoms with Crippen LogP contribution in [0, 0.1) is 0 Å². The van der Waals surface area contributed by atoms with Gasteiger partial charge in [0.25, 0.3) is 0 Å². The number of hydrogen-bond donors (Lipinski definition) is 1. The molecule has 0 spiro atoms. The Hall–Kier alpha value is -2.99. The number of aromatic nitrogens is 2. The lowest BCUT2D eigenvalue weighted by molar-refractivity contribution is 0.0692. The van der Waals surface area contributed by atoms with Gasteiger partial charge in [0.2, 0.25) is 5.88 Å². The Balaban J connectivity index is 1.77. The molecule has 0 unspecified atom stereocenters. The zero-order chi connectivity index (χ0) is 19.2. The Morgan fingerprint density at radius 1 is 1.15 bits per heavy atom. The minimum absolute atomic E-state index is 0.0259. The van der Waals surface area contributed by atoms with Gasteiger partial charge < -0.3 is 14.6 Å². The molecule has 0 atom stereocenters. The summed E-state index contributed by atoms with van der Waals surface area (Å²) < 4.78 is 13.0. The maximum atomic E-state index is 11.3. The summed E-state index contributed by atoms with van der Waals surface area (Å²) >= 11 is 6.08. The lowest BCUT2D eigenvalue weighted by Crippen LogP contribution is -2.13. The van der Waals surface area contributed by atoms with Gasteiger partial charge in [-0.05, 0) is 19.1 Å². The maximum absolute atomic E-state index is 11.3. The van der Waals surface area contributed by atoms with E-state index in [1.165, 1.54) is 6.07 Å². The van der Waals surface area contributed by atoms with Gasteiger partial charge in [-0.2, -0.15) is 5.10 Å². The highest BCUT2D eigenvalue weighted by molar-refractivity contribution is 6.32. The molecule has 1 heterocycles. The average molecular weight is 387 g/mol. The second-order valence-electron chi connectivity index (χ2n) is 5.66. The first-order valence-electron chi connectivity index (χ1n) is 8.50. The molecule has 27 heavy (non-hydrogen) atoms. The fraction of sp³-hybridized carbons (Fsp3) is 0.200. The lowest BCUT2D eigenvalue weighted by Gasteiger charge is -2.12. The number of ether oxygens (including phenoxy) is 2. The van der Waals surface area contributed by atoms with Gasteiger partial charge in [0.15, 0.2) is 5.75 Å². The number of benzene rings is 2. The third-order valence-corrected chi connectivity index (χ3v) is 4.15. The molecule has 0 saturated heterocycles. The lowest BCUT2D eigenvalue weighted by atomic mass is 10.2. The highest BCUT2D eigenvalue weighted by atomic mass is 35.5. The van der Waals surface area contributed by atoms with E-state index in [9.17, 15) is 9.90 Å². The van der Waals surface area contributed by atoms with Crippen molar-refractivity contribution in [3.8, 4) is 22.9 Å². The number of para-hydroxylation sites is 1. The molecule has 7 heteroatoms. The monoisotopic (exact) mass is 386 g/mol. The topological polar surface area (TPSA) is 73.6 Å². The average Bonchev–Trinajstić information content (AvgIpc) is 3.07. The normalized spacial score (nSPS) is 10.6. The van der Waals surface area contributed by atoms with Crippen molar-refractivity contribution in [1.29, 1.82) is 0 Å². The predicted molar refractivity (Wildman–Crippen MR) is 103 cm³/mol. The van der Waals surface area contributed by atoms with Crippen LogP contribution in [0.1, 0.15) is 17.3 Å². The van der Waals surface area contributed by atoms with Gasteiger partial charge in [0.05, 0.1) is 23.9 Å². The largest absolute Gasteiger partial charge is 0.489 e. The highest BCUT2D eigenvalue weighted by Gasteiger charge is 2.15. The van der Waals surface area contributed by atoms with Gasteiger partial charge >= 0.3 is 5.97 Å². The van der Waals surface area contributed by atoms with E-state index < -0.39 is 5.97 Å². The zero-order valence-electron chi connectivity index (χ0n) is 14.8. The van der Waals surface area contributed by atoms with Crippen LogP contribution in [0.5, 0.6) is 11.6 Å². The van der Waals surface area contributed by atoms with Gasteiger partial charge in [-0.15, -0.1) is 0 Å². The fourth-order valence-electron chi connectivity index (χ4n) is 2.63. The molecule has 3 rings (SSSR count). The smallest absolute Gasteiger partial charge is 0.339 e. The van der Waals surface area contributed by atoms with Crippen LogP contribution in [0.3, 0.4) is 0 Å². The van der Waals surface area contributed by atoms with Gasteiger partial charge in [0.1, 0.15) is 12.2 Å². The molecule has 0 amide bonds. The number of nitrogens with zero attached hydrogens (tertiary/aromatic N) is 2. The first kappa shape index (κ1) is 18.8. The number of rotatable bonds is 8. The van der Waals surface area contributed by atoms with Gasteiger partial charge in [-0.25, -0.2) is 9.48 Å². The number of carbonyl (C=O) groups is 1. The summed E-state index contributed by atoms with van der Waals surface area (Å²) in [6.07, 6.45) is 0. The van der Waals surface area contributed by atoms with Crippen LogP contribution in [0.25, 0.3) is 11.3 Å². The molecule has 3 aromatic rings. The van der Waals surface area contributed by atoms with Gasteiger partial charge in [-0.1, -0.05) is 48.0 Å². The number of halogens is 1. The number of aromatic carboxylic acids is 1. The molecule has 140 valence electrons. The molecule has 1 N–H and O–H groups in total. The molecule has 0 aliphatic heterocycles. The quantitative estimate of drug-likeness (QED) is 0.622. The molecular formula is C20H19ClN2O4. The molecular weight excluding hydrogens is 368 g/mol. The molecule has 0 radical (unpaired) electrons. The van der Waals surface area contributed by atoms with Crippen LogP contribution in [-0.4, -0.2) is 34.1 Å². The standard InChI is InChI=1S/C20H19ClN2O4/c1-2-26-18-13-17(14-7-4-3-5-8-14)22-23(18)11-12-27-19-15(20(24)25)9-6-10-16(19)21/h3-10,13H,2,11-12H2,1H3,(H,24,25). The molecule has 0 fully saturated rings. The van der Waals surface area contributed by atoms with Crippen molar-refractivity contribution in [3.05, 3.63) is 65.2 Å². The number of hydrogen-bond acceptors (Lipinski definition) is 4. The van der Waals surface area contributed by atoms with E-state index in [-0.39, 0.29) is 22.9 Å². The Bertz CT molecular complexity index is 925. The summed E-state index contributed by atoms with van der Waals surface area (Å²) in [7, 11) is 0. The molecule has 0 bridgehead atoms. The van der Waals surface area contributed by atoms with Crippen molar-refractivity contribution in [2.45, 2.75) is 13.5 Å². The van der Waals surface area contributed by atoms with E-state index in [0.717, 1.165) is 11.3 Å². The van der Waals surface area contributed by atoms with E-state index in [1.807, 2.05) is 43.3 Å². The van der Waals surface area contributed by atoms with Crippen molar-refractivity contribution >= 4 is 17.6 Å². The molecule has 0 aliphatic carbocycles. The predicted octanol–water partition coefficient (Wildman–Crippen LogP) is 4.38. The Labute approximate surface area is 161 Å². The third-order valence-electron chi connectivity index (χ3n) is 3.85. The van der Waals surface area contributed by atoms with E-state index in [1.54, 1.807) is 16.8 Å². The van der Waals surface area contributed by atoms with E-state index >= 15 is 0 Å². The third kappa shape index (κ3) is 4.41.